The molecular weight excluding hydrogens is 985 g/mol. The molecule has 1 unspecified atom stereocenters. The SMILES string of the molecule is CCCCCCCCC/C=C\CCCCCCCCCC(=O)OCC(COC(=O)CCCCCCCCCCCCCCCCCCCCCCCC)OC(=O)CCCCCCCCCCCCCCCCCCCCCCCC. The van der Waals surface area contributed by atoms with Gasteiger partial charge in [0.1, 0.15) is 13.2 Å². The number of rotatable bonds is 69. The molecule has 80 heavy (non-hydrogen) atoms. The summed E-state index contributed by atoms with van der Waals surface area (Å²) in [4.78, 5) is 38.5. The van der Waals surface area contributed by atoms with Crippen LogP contribution < -0.4 is 0 Å². The van der Waals surface area contributed by atoms with Crippen LogP contribution in [-0.2, 0) is 28.6 Å². The Morgan fingerprint density at radius 3 is 0.625 bits per heavy atom. The van der Waals surface area contributed by atoms with E-state index in [-0.39, 0.29) is 31.1 Å². The fraction of sp³-hybridized carbons (Fsp3) is 0.932. The number of carbonyl (C=O) groups excluding carboxylic acids is 3. The Morgan fingerprint density at radius 2 is 0.412 bits per heavy atom. The smallest absolute Gasteiger partial charge is 0.306 e. The van der Waals surface area contributed by atoms with Crippen LogP contribution in [0.15, 0.2) is 12.2 Å². The maximum Gasteiger partial charge on any atom is 0.306 e. The maximum atomic E-state index is 13.0. The molecule has 0 spiro atoms. The van der Waals surface area contributed by atoms with Crippen LogP contribution in [0.2, 0.25) is 0 Å². The Morgan fingerprint density at radius 1 is 0.237 bits per heavy atom. The summed E-state index contributed by atoms with van der Waals surface area (Å²) in [6.45, 7) is 6.74. The van der Waals surface area contributed by atoms with Crippen molar-refractivity contribution in [3.8, 4) is 0 Å². The van der Waals surface area contributed by atoms with E-state index in [4.69, 9.17) is 14.2 Å². The summed E-state index contributed by atoms with van der Waals surface area (Å²) in [6, 6.07) is 0. The van der Waals surface area contributed by atoms with Gasteiger partial charge < -0.3 is 14.2 Å². The number of hydrogen-bond donors (Lipinski definition) is 0. The molecule has 0 N–H and O–H groups in total. The van der Waals surface area contributed by atoms with E-state index in [1.807, 2.05) is 0 Å². The summed E-state index contributed by atoms with van der Waals surface area (Å²) in [5, 5.41) is 0. The molecule has 0 bridgehead atoms. The minimum atomic E-state index is -0.769. The Hall–Kier alpha value is -1.85. The second-order valence-electron chi connectivity index (χ2n) is 25.2. The maximum absolute atomic E-state index is 13.0. The summed E-state index contributed by atoms with van der Waals surface area (Å²) in [5.41, 5.74) is 0. The minimum Gasteiger partial charge on any atom is -0.462 e. The van der Waals surface area contributed by atoms with Crippen molar-refractivity contribution in [2.45, 2.75) is 431 Å². The van der Waals surface area contributed by atoms with E-state index in [0.717, 1.165) is 57.8 Å². The summed E-state index contributed by atoms with van der Waals surface area (Å²) in [7, 11) is 0. The van der Waals surface area contributed by atoms with Gasteiger partial charge in [0.15, 0.2) is 6.10 Å². The predicted octanol–water partition coefficient (Wildman–Crippen LogP) is 25.2. The summed E-state index contributed by atoms with van der Waals surface area (Å²) < 4.78 is 17.0. The van der Waals surface area contributed by atoms with E-state index in [0.29, 0.717) is 19.3 Å². The highest BCUT2D eigenvalue weighted by atomic mass is 16.6. The van der Waals surface area contributed by atoms with Crippen molar-refractivity contribution >= 4 is 17.9 Å². The van der Waals surface area contributed by atoms with Gasteiger partial charge in [-0.1, -0.05) is 373 Å². The predicted molar refractivity (Wildman–Crippen MR) is 349 cm³/mol. The first-order valence-electron chi connectivity index (χ1n) is 36.7. The van der Waals surface area contributed by atoms with Crippen molar-refractivity contribution in [1.82, 2.24) is 0 Å². The third kappa shape index (κ3) is 66.9. The molecule has 0 heterocycles. The molecule has 474 valence electrons. The molecule has 0 saturated heterocycles. The van der Waals surface area contributed by atoms with Crippen LogP contribution in [0.4, 0.5) is 0 Å². The first kappa shape index (κ1) is 78.1. The zero-order valence-electron chi connectivity index (χ0n) is 54.6. The van der Waals surface area contributed by atoms with Crippen LogP contribution in [0.25, 0.3) is 0 Å². The number of unbranched alkanes of at least 4 members (excludes halogenated alkanes) is 56. The number of allylic oxidation sites excluding steroid dienone is 2. The van der Waals surface area contributed by atoms with Crippen LogP contribution in [-0.4, -0.2) is 37.2 Å². The van der Waals surface area contributed by atoms with Gasteiger partial charge in [-0.15, -0.1) is 0 Å². The normalized spacial score (nSPS) is 12.0. The third-order valence-electron chi connectivity index (χ3n) is 17.0. The standard InChI is InChI=1S/C74H142O6/c1-4-7-10-13-16-19-22-25-28-31-34-36-38-40-43-46-49-52-55-58-61-64-67-73(76)79-70-71(69-78-72(75)66-63-60-57-54-51-48-45-42-33-30-27-24-21-18-15-12-9-6-3)80-74(77)68-65-62-59-56-53-50-47-44-41-39-37-35-32-29-26-23-20-17-14-11-8-5-2/h30,33,71H,4-29,31-32,34-70H2,1-3H3/b33-30-. The highest BCUT2D eigenvalue weighted by Crippen LogP contribution is 2.19. The average molecular weight is 1130 g/mol. The van der Waals surface area contributed by atoms with Gasteiger partial charge in [-0.2, -0.15) is 0 Å². The van der Waals surface area contributed by atoms with Crippen LogP contribution in [0, 0.1) is 0 Å². The zero-order chi connectivity index (χ0) is 57.8. The van der Waals surface area contributed by atoms with Crippen molar-refractivity contribution in [3.63, 3.8) is 0 Å². The summed E-state index contributed by atoms with van der Waals surface area (Å²) in [5.74, 6) is -0.829. The second kappa shape index (κ2) is 69.6. The fourth-order valence-corrected chi connectivity index (χ4v) is 11.5. The van der Waals surface area contributed by atoms with Crippen LogP contribution in [0.3, 0.4) is 0 Å². The molecule has 0 aliphatic heterocycles. The summed E-state index contributed by atoms with van der Waals surface area (Å²) >= 11 is 0. The summed E-state index contributed by atoms with van der Waals surface area (Å²) in [6.07, 6.45) is 83.9. The highest BCUT2D eigenvalue weighted by Gasteiger charge is 2.20. The molecule has 0 aromatic carbocycles. The average Bonchev–Trinajstić information content (AvgIpc) is 3.46. The monoisotopic (exact) mass is 1130 g/mol. The molecule has 1 atom stereocenters. The van der Waals surface area contributed by atoms with Crippen LogP contribution >= 0.6 is 0 Å². The quantitative estimate of drug-likeness (QED) is 0.0261. The van der Waals surface area contributed by atoms with Gasteiger partial charge in [-0.25, -0.2) is 0 Å². The van der Waals surface area contributed by atoms with Crippen molar-refractivity contribution in [2.75, 3.05) is 13.2 Å². The first-order chi connectivity index (χ1) is 39.5. The lowest BCUT2D eigenvalue weighted by atomic mass is 10.0. The zero-order valence-corrected chi connectivity index (χ0v) is 54.6. The van der Waals surface area contributed by atoms with Crippen molar-refractivity contribution < 1.29 is 28.6 Å². The van der Waals surface area contributed by atoms with Crippen LogP contribution in [0.5, 0.6) is 0 Å². The molecule has 0 aliphatic carbocycles. The number of hydrogen-bond acceptors (Lipinski definition) is 6. The molecule has 0 saturated carbocycles. The minimum absolute atomic E-state index is 0.0640. The Kier molecular flexibility index (Phi) is 68.0. The van der Waals surface area contributed by atoms with Crippen LogP contribution in [0.1, 0.15) is 425 Å². The Bertz CT molecular complexity index is 1250. The van der Waals surface area contributed by atoms with E-state index >= 15 is 0 Å². The van der Waals surface area contributed by atoms with E-state index in [1.165, 1.54) is 327 Å². The van der Waals surface area contributed by atoms with Gasteiger partial charge >= 0.3 is 17.9 Å². The Labute approximate surface area is 501 Å². The highest BCUT2D eigenvalue weighted by molar-refractivity contribution is 5.71. The van der Waals surface area contributed by atoms with Crippen molar-refractivity contribution in [2.24, 2.45) is 0 Å². The number of esters is 3. The van der Waals surface area contributed by atoms with E-state index in [9.17, 15) is 14.4 Å². The molecule has 0 aliphatic rings. The third-order valence-corrected chi connectivity index (χ3v) is 17.0. The van der Waals surface area contributed by atoms with E-state index in [2.05, 4.69) is 32.9 Å². The molecule has 0 aromatic heterocycles. The van der Waals surface area contributed by atoms with Gasteiger partial charge in [0.25, 0.3) is 0 Å². The molecule has 0 amide bonds. The van der Waals surface area contributed by atoms with E-state index in [1.54, 1.807) is 0 Å². The lowest BCUT2D eigenvalue weighted by Gasteiger charge is -2.18. The van der Waals surface area contributed by atoms with E-state index < -0.39 is 6.10 Å². The topological polar surface area (TPSA) is 78.9 Å². The van der Waals surface area contributed by atoms with Gasteiger partial charge in [-0.05, 0) is 44.9 Å². The lowest BCUT2D eigenvalue weighted by Crippen LogP contribution is -2.30. The molecule has 6 nitrogen and oxygen atoms in total. The van der Waals surface area contributed by atoms with Gasteiger partial charge in [0.05, 0.1) is 0 Å². The molecule has 0 fully saturated rings. The molecule has 0 rings (SSSR count). The molecule has 0 radical (unpaired) electrons. The lowest BCUT2D eigenvalue weighted by molar-refractivity contribution is -0.167. The second-order valence-corrected chi connectivity index (χ2v) is 25.2. The van der Waals surface area contributed by atoms with Gasteiger partial charge in [0, 0.05) is 19.3 Å². The van der Waals surface area contributed by atoms with Gasteiger partial charge in [-0.3, -0.25) is 14.4 Å². The molecular formula is C74H142O6. The number of ether oxygens (including phenoxy) is 3. The fourth-order valence-electron chi connectivity index (χ4n) is 11.5. The van der Waals surface area contributed by atoms with Crippen molar-refractivity contribution in [1.29, 1.82) is 0 Å². The molecule has 6 heteroatoms. The largest absolute Gasteiger partial charge is 0.462 e. The molecule has 0 aromatic rings. The Balaban J connectivity index is 4.28. The van der Waals surface area contributed by atoms with Crippen molar-refractivity contribution in [3.05, 3.63) is 12.2 Å². The van der Waals surface area contributed by atoms with Gasteiger partial charge in [0.2, 0.25) is 0 Å². The number of carbonyl (C=O) groups is 3. The first-order valence-corrected chi connectivity index (χ1v) is 36.7.